The van der Waals surface area contributed by atoms with Crippen LogP contribution in [0.5, 0.6) is 0 Å². The molecule has 1 aliphatic rings. The summed E-state index contributed by atoms with van der Waals surface area (Å²) in [6.45, 7) is 3.56. The van der Waals surface area contributed by atoms with Gasteiger partial charge < -0.3 is 9.64 Å². The smallest absolute Gasteiger partial charge is 0.127 e. The first kappa shape index (κ1) is 12.7. The van der Waals surface area contributed by atoms with Gasteiger partial charge >= 0.3 is 0 Å². The van der Waals surface area contributed by atoms with Crippen LogP contribution in [0.2, 0.25) is 0 Å². The van der Waals surface area contributed by atoms with E-state index in [9.17, 15) is 0 Å². The van der Waals surface area contributed by atoms with E-state index in [0.717, 1.165) is 36.5 Å². The number of benzene rings is 1. The van der Waals surface area contributed by atoms with Gasteiger partial charge in [0.2, 0.25) is 0 Å². The molecule has 0 saturated carbocycles. The van der Waals surface area contributed by atoms with E-state index in [-0.39, 0.29) is 0 Å². The molecule has 1 saturated heterocycles. The molecular weight excluding hydrogens is 282 g/mol. The number of rotatable bonds is 2. The van der Waals surface area contributed by atoms with Crippen LogP contribution in [0.1, 0.15) is 0 Å². The van der Waals surface area contributed by atoms with E-state index < -0.39 is 0 Å². The number of hydrogen-bond donors (Lipinski definition) is 0. The first-order valence-electron chi connectivity index (χ1n) is 7.02. The molecule has 4 nitrogen and oxygen atoms in total. The lowest BCUT2D eigenvalue weighted by molar-refractivity contribution is 0.122. The highest BCUT2D eigenvalue weighted by Gasteiger charge is 2.12. The zero-order valence-corrected chi connectivity index (χ0v) is 12.3. The standard InChI is InChI=1S/C16H15N3OS/c1-3-13(19-5-7-20-8-6-19)4-2-12(1)15-10-21-16-14(15)9-17-11-18-16/h1-4,9-11H,5-8H2. The number of fused-ring (bicyclic) bond motifs is 1. The first-order chi connectivity index (χ1) is 10.4. The third-order valence-corrected chi connectivity index (χ3v) is 4.71. The lowest BCUT2D eigenvalue weighted by atomic mass is 10.1. The SMILES string of the molecule is c1ncc2c(-c3ccc(N4CCOCC4)cc3)csc2n1. The van der Waals surface area contributed by atoms with Crippen LogP contribution in [0.25, 0.3) is 21.3 Å². The van der Waals surface area contributed by atoms with Crippen molar-refractivity contribution in [1.29, 1.82) is 0 Å². The van der Waals surface area contributed by atoms with Gasteiger partial charge in [-0.25, -0.2) is 9.97 Å². The number of morpholine rings is 1. The van der Waals surface area contributed by atoms with Crippen LogP contribution in [-0.2, 0) is 4.74 Å². The molecule has 3 heterocycles. The Morgan fingerprint density at radius 2 is 1.90 bits per heavy atom. The minimum atomic E-state index is 0.814. The summed E-state index contributed by atoms with van der Waals surface area (Å²) in [6, 6.07) is 8.74. The van der Waals surface area contributed by atoms with Gasteiger partial charge in [-0.1, -0.05) is 12.1 Å². The second-order valence-electron chi connectivity index (χ2n) is 5.04. The second-order valence-corrected chi connectivity index (χ2v) is 5.90. The number of ether oxygens (including phenoxy) is 1. The Bertz CT molecular complexity index is 748. The van der Waals surface area contributed by atoms with Crippen molar-refractivity contribution in [1.82, 2.24) is 9.97 Å². The Hall–Kier alpha value is -1.98. The summed E-state index contributed by atoms with van der Waals surface area (Å²) < 4.78 is 5.40. The average Bonchev–Trinajstić information content (AvgIpc) is 3.00. The Balaban J connectivity index is 1.67. The molecule has 0 bridgehead atoms. The van der Waals surface area contributed by atoms with Gasteiger partial charge in [0.1, 0.15) is 11.2 Å². The number of anilines is 1. The molecule has 106 valence electrons. The Morgan fingerprint density at radius 3 is 2.71 bits per heavy atom. The number of aromatic nitrogens is 2. The van der Waals surface area contributed by atoms with E-state index in [1.807, 2.05) is 6.20 Å². The molecule has 1 fully saturated rings. The summed E-state index contributed by atoms with van der Waals surface area (Å²) in [5.41, 5.74) is 3.69. The highest BCUT2D eigenvalue weighted by Crippen LogP contribution is 2.33. The van der Waals surface area contributed by atoms with Crippen molar-refractivity contribution in [2.45, 2.75) is 0 Å². The molecule has 3 aromatic rings. The highest BCUT2D eigenvalue weighted by molar-refractivity contribution is 7.17. The largest absolute Gasteiger partial charge is 0.378 e. The first-order valence-corrected chi connectivity index (χ1v) is 7.90. The number of nitrogens with zero attached hydrogens (tertiary/aromatic N) is 3. The lowest BCUT2D eigenvalue weighted by Crippen LogP contribution is -2.36. The van der Waals surface area contributed by atoms with Gasteiger partial charge in [0, 0.05) is 41.3 Å². The van der Waals surface area contributed by atoms with Crippen molar-refractivity contribution in [2.24, 2.45) is 0 Å². The van der Waals surface area contributed by atoms with Crippen molar-refractivity contribution in [2.75, 3.05) is 31.2 Å². The van der Waals surface area contributed by atoms with Crippen LogP contribution in [-0.4, -0.2) is 36.3 Å². The summed E-state index contributed by atoms with van der Waals surface area (Å²) >= 11 is 1.66. The molecule has 1 aromatic carbocycles. The molecule has 1 aliphatic heterocycles. The fourth-order valence-corrected chi connectivity index (χ4v) is 3.56. The summed E-state index contributed by atoms with van der Waals surface area (Å²) in [7, 11) is 0. The molecule has 21 heavy (non-hydrogen) atoms. The predicted octanol–water partition coefficient (Wildman–Crippen LogP) is 3.19. The molecule has 2 aromatic heterocycles. The maximum absolute atomic E-state index is 5.40. The lowest BCUT2D eigenvalue weighted by Gasteiger charge is -2.28. The van der Waals surface area contributed by atoms with Crippen LogP contribution in [0, 0.1) is 0 Å². The molecule has 5 heteroatoms. The van der Waals surface area contributed by atoms with Crippen LogP contribution in [0.3, 0.4) is 0 Å². The monoisotopic (exact) mass is 297 g/mol. The summed E-state index contributed by atoms with van der Waals surface area (Å²) in [6.07, 6.45) is 3.49. The van der Waals surface area contributed by atoms with Crippen molar-refractivity contribution >= 4 is 27.2 Å². The quantitative estimate of drug-likeness (QED) is 0.728. The topological polar surface area (TPSA) is 38.2 Å². The zero-order chi connectivity index (χ0) is 14.1. The minimum absolute atomic E-state index is 0.814. The fourth-order valence-electron chi connectivity index (χ4n) is 2.67. The molecule has 0 aliphatic carbocycles. The molecule has 0 unspecified atom stereocenters. The van der Waals surface area contributed by atoms with E-state index in [4.69, 9.17) is 4.74 Å². The van der Waals surface area contributed by atoms with Crippen molar-refractivity contribution < 1.29 is 4.74 Å². The normalized spacial score (nSPS) is 15.5. The maximum Gasteiger partial charge on any atom is 0.127 e. The van der Waals surface area contributed by atoms with E-state index in [2.05, 4.69) is 44.5 Å². The zero-order valence-electron chi connectivity index (χ0n) is 11.5. The fraction of sp³-hybridized carbons (Fsp3) is 0.250. The molecule has 0 atom stereocenters. The molecular formula is C16H15N3OS. The molecule has 0 spiro atoms. The Morgan fingerprint density at radius 1 is 1.10 bits per heavy atom. The Labute approximate surface area is 127 Å². The van der Waals surface area contributed by atoms with E-state index in [1.165, 1.54) is 16.8 Å². The highest BCUT2D eigenvalue weighted by atomic mass is 32.1. The van der Waals surface area contributed by atoms with Crippen molar-refractivity contribution in [3.05, 3.63) is 42.2 Å². The van der Waals surface area contributed by atoms with Crippen LogP contribution < -0.4 is 4.90 Å². The minimum Gasteiger partial charge on any atom is -0.378 e. The summed E-state index contributed by atoms with van der Waals surface area (Å²) in [5, 5.41) is 3.28. The van der Waals surface area contributed by atoms with Gasteiger partial charge in [-0.2, -0.15) is 0 Å². The molecule has 0 radical (unpaired) electrons. The van der Waals surface area contributed by atoms with E-state index in [1.54, 1.807) is 17.7 Å². The van der Waals surface area contributed by atoms with Gasteiger partial charge in [-0.15, -0.1) is 11.3 Å². The number of thiophene rings is 1. The third-order valence-electron chi connectivity index (χ3n) is 3.81. The van der Waals surface area contributed by atoms with Gasteiger partial charge in [0.25, 0.3) is 0 Å². The summed E-state index contributed by atoms with van der Waals surface area (Å²) in [5.74, 6) is 0. The molecule has 0 amide bonds. The predicted molar refractivity (Wildman–Crippen MR) is 85.9 cm³/mol. The molecule has 4 rings (SSSR count). The maximum atomic E-state index is 5.40. The van der Waals surface area contributed by atoms with Gasteiger partial charge in [-0.3, -0.25) is 0 Å². The second kappa shape index (κ2) is 5.42. The van der Waals surface area contributed by atoms with E-state index >= 15 is 0 Å². The number of hydrogen-bond acceptors (Lipinski definition) is 5. The van der Waals surface area contributed by atoms with Crippen LogP contribution >= 0.6 is 11.3 Å². The van der Waals surface area contributed by atoms with Crippen molar-refractivity contribution in [3.63, 3.8) is 0 Å². The van der Waals surface area contributed by atoms with Crippen LogP contribution in [0.15, 0.2) is 42.2 Å². The Kier molecular flexibility index (Phi) is 3.29. The summed E-state index contributed by atoms with van der Waals surface area (Å²) in [4.78, 5) is 11.8. The third kappa shape index (κ3) is 2.39. The van der Waals surface area contributed by atoms with Gasteiger partial charge in [-0.05, 0) is 17.7 Å². The van der Waals surface area contributed by atoms with Crippen molar-refractivity contribution in [3.8, 4) is 11.1 Å². The average molecular weight is 297 g/mol. The molecule has 0 N–H and O–H groups in total. The van der Waals surface area contributed by atoms with Crippen LogP contribution in [0.4, 0.5) is 5.69 Å². The van der Waals surface area contributed by atoms with Gasteiger partial charge in [0.05, 0.1) is 13.2 Å². The van der Waals surface area contributed by atoms with E-state index in [0.29, 0.717) is 0 Å². The van der Waals surface area contributed by atoms with Gasteiger partial charge in [0.15, 0.2) is 0 Å².